The number of rotatable bonds is 5. The third kappa shape index (κ3) is 3.36. The number of aromatic amines is 1. The first-order chi connectivity index (χ1) is 10.0. The third-order valence-electron chi connectivity index (χ3n) is 2.81. The van der Waals surface area contributed by atoms with Crippen LogP contribution in [-0.4, -0.2) is 26.9 Å². The minimum Gasteiger partial charge on any atom is -0.367 e. The van der Waals surface area contributed by atoms with Gasteiger partial charge in [0.2, 0.25) is 0 Å². The van der Waals surface area contributed by atoms with E-state index in [2.05, 4.69) is 20.3 Å². The lowest BCUT2D eigenvalue weighted by atomic mass is 10.1. The zero-order chi connectivity index (χ0) is 15.4. The highest BCUT2D eigenvalue weighted by Crippen LogP contribution is 2.17. The summed E-state index contributed by atoms with van der Waals surface area (Å²) in [6.07, 6.45) is 5.29. The van der Waals surface area contributed by atoms with E-state index >= 15 is 0 Å². The van der Waals surface area contributed by atoms with Gasteiger partial charge in [-0.3, -0.25) is 4.79 Å². The average Bonchev–Trinajstić information content (AvgIpc) is 2.81. The molecule has 2 aromatic rings. The maximum Gasteiger partial charge on any atom is 0.259 e. The van der Waals surface area contributed by atoms with Crippen molar-refractivity contribution in [2.45, 2.75) is 26.3 Å². The van der Waals surface area contributed by atoms with Crippen molar-refractivity contribution in [3.63, 3.8) is 0 Å². The smallest absolute Gasteiger partial charge is 0.259 e. The monoisotopic (exact) mass is 284 g/mol. The fourth-order valence-corrected chi connectivity index (χ4v) is 1.88. The van der Waals surface area contributed by atoms with E-state index in [4.69, 9.17) is 11.0 Å². The molecule has 0 radical (unpaired) electrons. The Bertz CT molecular complexity index is 737. The topological polar surface area (TPSA) is 120 Å². The van der Waals surface area contributed by atoms with Crippen molar-refractivity contribution >= 4 is 22.9 Å². The third-order valence-corrected chi connectivity index (χ3v) is 2.81. The van der Waals surface area contributed by atoms with Gasteiger partial charge in [0, 0.05) is 17.8 Å². The second kappa shape index (κ2) is 6.05. The lowest BCUT2D eigenvalue weighted by Crippen LogP contribution is -2.12. The van der Waals surface area contributed by atoms with Crippen molar-refractivity contribution in [2.24, 2.45) is 5.73 Å². The quantitative estimate of drug-likeness (QED) is 0.563. The second-order valence-electron chi connectivity index (χ2n) is 4.86. The number of primary amides is 1. The Kier molecular flexibility index (Phi) is 4.18. The standard InChI is InChI=1S/C14H16N6O/c1-8(2)19-11-7-18-14-12(20-11)10(6-17-14)4-3-9(5-15)13(16)21/h3,6-8H,4H2,1-2H3,(H2,16,21)(H,17,18)(H,19,20). The minimum atomic E-state index is -0.731. The van der Waals surface area contributed by atoms with Gasteiger partial charge in [0.15, 0.2) is 5.65 Å². The van der Waals surface area contributed by atoms with Gasteiger partial charge in [-0.25, -0.2) is 9.97 Å². The number of H-pyrrole nitrogens is 1. The molecule has 2 aromatic heterocycles. The molecule has 0 saturated carbocycles. The van der Waals surface area contributed by atoms with Gasteiger partial charge in [-0.1, -0.05) is 6.08 Å². The highest BCUT2D eigenvalue weighted by atomic mass is 16.1. The molecular weight excluding hydrogens is 268 g/mol. The van der Waals surface area contributed by atoms with Gasteiger partial charge in [-0.05, 0) is 20.3 Å². The number of aromatic nitrogens is 3. The molecule has 108 valence electrons. The fraction of sp³-hybridized carbons (Fsp3) is 0.286. The molecule has 1 amide bonds. The molecule has 0 bridgehead atoms. The summed E-state index contributed by atoms with van der Waals surface area (Å²) in [5, 5.41) is 12.0. The number of carbonyl (C=O) groups excluding carboxylic acids is 1. The van der Waals surface area contributed by atoms with Gasteiger partial charge in [-0.2, -0.15) is 5.26 Å². The van der Waals surface area contributed by atoms with Gasteiger partial charge in [0.1, 0.15) is 23.0 Å². The SMILES string of the molecule is CC(C)Nc1cnc2[nH]cc(CC=C(C#N)C(N)=O)c2n1. The Morgan fingerprint density at radius 1 is 1.62 bits per heavy atom. The number of nitrogens with two attached hydrogens (primary N) is 1. The number of allylic oxidation sites excluding steroid dienone is 1. The predicted molar refractivity (Wildman–Crippen MR) is 79.2 cm³/mol. The van der Waals surface area contributed by atoms with Gasteiger partial charge in [-0.15, -0.1) is 0 Å². The Morgan fingerprint density at radius 2 is 2.38 bits per heavy atom. The van der Waals surface area contributed by atoms with Crippen LogP contribution in [0.1, 0.15) is 19.4 Å². The summed E-state index contributed by atoms with van der Waals surface area (Å²) in [4.78, 5) is 22.8. The molecule has 0 saturated heterocycles. The van der Waals surface area contributed by atoms with Crippen LogP contribution < -0.4 is 11.1 Å². The van der Waals surface area contributed by atoms with Crippen molar-refractivity contribution in [2.75, 3.05) is 5.32 Å². The molecule has 0 aliphatic heterocycles. The summed E-state index contributed by atoms with van der Waals surface area (Å²) < 4.78 is 0. The van der Waals surface area contributed by atoms with Crippen molar-refractivity contribution in [1.82, 2.24) is 15.0 Å². The first-order valence-corrected chi connectivity index (χ1v) is 6.51. The van der Waals surface area contributed by atoms with Crippen LogP contribution in [0.25, 0.3) is 11.2 Å². The van der Waals surface area contributed by atoms with Crippen LogP contribution in [0.5, 0.6) is 0 Å². The number of nitrogens with zero attached hydrogens (tertiary/aromatic N) is 3. The summed E-state index contributed by atoms with van der Waals surface area (Å²) in [5.41, 5.74) is 7.25. The maximum atomic E-state index is 11.0. The van der Waals surface area contributed by atoms with Gasteiger partial charge in [0.25, 0.3) is 5.91 Å². The summed E-state index contributed by atoms with van der Waals surface area (Å²) >= 11 is 0. The molecule has 7 nitrogen and oxygen atoms in total. The highest BCUT2D eigenvalue weighted by molar-refractivity contribution is 5.96. The number of anilines is 1. The number of nitriles is 1. The van der Waals surface area contributed by atoms with Crippen molar-refractivity contribution in [1.29, 1.82) is 5.26 Å². The summed E-state index contributed by atoms with van der Waals surface area (Å²) in [6.45, 7) is 4.03. The van der Waals surface area contributed by atoms with E-state index in [1.807, 2.05) is 13.8 Å². The molecule has 0 fully saturated rings. The lowest BCUT2D eigenvalue weighted by Gasteiger charge is -2.08. The van der Waals surface area contributed by atoms with Crippen molar-refractivity contribution in [3.8, 4) is 6.07 Å². The predicted octanol–water partition coefficient (Wildman–Crippen LogP) is 1.26. The molecule has 0 unspecified atom stereocenters. The molecule has 4 N–H and O–H groups in total. The van der Waals surface area contributed by atoms with Gasteiger partial charge < -0.3 is 16.0 Å². The first-order valence-electron chi connectivity index (χ1n) is 6.51. The molecular formula is C14H16N6O. The molecule has 0 atom stereocenters. The highest BCUT2D eigenvalue weighted by Gasteiger charge is 2.09. The Labute approximate surface area is 121 Å². The van der Waals surface area contributed by atoms with E-state index in [-0.39, 0.29) is 11.6 Å². The Balaban J connectivity index is 2.32. The van der Waals surface area contributed by atoms with E-state index < -0.39 is 5.91 Å². The largest absolute Gasteiger partial charge is 0.367 e. The fourth-order valence-electron chi connectivity index (χ4n) is 1.88. The number of amides is 1. The summed E-state index contributed by atoms with van der Waals surface area (Å²) in [6, 6.07) is 2.03. The number of hydrogen-bond acceptors (Lipinski definition) is 5. The van der Waals surface area contributed by atoms with Crippen LogP contribution in [0, 0.1) is 11.3 Å². The molecule has 21 heavy (non-hydrogen) atoms. The zero-order valence-electron chi connectivity index (χ0n) is 11.8. The van der Waals surface area contributed by atoms with Crippen LogP contribution >= 0.6 is 0 Å². The van der Waals surface area contributed by atoms with E-state index in [9.17, 15) is 4.79 Å². The summed E-state index contributed by atoms with van der Waals surface area (Å²) in [5.74, 6) is -0.0525. The van der Waals surface area contributed by atoms with Gasteiger partial charge >= 0.3 is 0 Å². The number of nitrogens with one attached hydrogen (secondary N) is 2. The van der Waals surface area contributed by atoms with Crippen LogP contribution in [0.4, 0.5) is 5.82 Å². The van der Waals surface area contributed by atoms with E-state index in [1.54, 1.807) is 18.5 Å². The molecule has 2 rings (SSSR count). The second-order valence-corrected chi connectivity index (χ2v) is 4.86. The molecule has 0 aromatic carbocycles. The molecule has 0 spiro atoms. The number of fused-ring (bicyclic) bond motifs is 1. The summed E-state index contributed by atoms with van der Waals surface area (Å²) in [7, 11) is 0. The lowest BCUT2D eigenvalue weighted by molar-refractivity contribution is -0.114. The van der Waals surface area contributed by atoms with Gasteiger partial charge in [0.05, 0.1) is 6.20 Å². The number of hydrogen-bond donors (Lipinski definition) is 3. The molecule has 2 heterocycles. The van der Waals surface area contributed by atoms with Crippen LogP contribution in [0.15, 0.2) is 24.0 Å². The van der Waals surface area contributed by atoms with Crippen LogP contribution in [-0.2, 0) is 11.2 Å². The Morgan fingerprint density at radius 3 is 3.00 bits per heavy atom. The molecule has 0 aliphatic carbocycles. The minimum absolute atomic E-state index is 0.0613. The zero-order valence-corrected chi connectivity index (χ0v) is 11.8. The van der Waals surface area contributed by atoms with E-state index in [1.165, 1.54) is 6.08 Å². The number of carbonyl (C=O) groups is 1. The van der Waals surface area contributed by atoms with Crippen molar-refractivity contribution in [3.05, 3.63) is 29.6 Å². The van der Waals surface area contributed by atoms with Crippen molar-refractivity contribution < 1.29 is 4.79 Å². The normalized spacial score (nSPS) is 11.6. The molecule has 7 heteroatoms. The Hall–Kier alpha value is -2.88. The van der Waals surface area contributed by atoms with Crippen LogP contribution in [0.2, 0.25) is 0 Å². The first kappa shape index (κ1) is 14.5. The molecule has 0 aliphatic rings. The van der Waals surface area contributed by atoms with E-state index in [0.29, 0.717) is 23.4 Å². The van der Waals surface area contributed by atoms with Crippen LogP contribution in [0.3, 0.4) is 0 Å². The average molecular weight is 284 g/mol. The van der Waals surface area contributed by atoms with E-state index in [0.717, 1.165) is 5.56 Å². The maximum absolute atomic E-state index is 11.0.